The van der Waals surface area contributed by atoms with Crippen LogP contribution in [0.25, 0.3) is 0 Å². The summed E-state index contributed by atoms with van der Waals surface area (Å²) in [6.07, 6.45) is 3.26. The first-order valence-electron chi connectivity index (χ1n) is 5.92. The molecule has 0 aromatic rings. The zero-order valence-electron chi connectivity index (χ0n) is 9.78. The Hall–Kier alpha value is -0.320. The number of nitrogens with zero attached hydrogens (tertiary/aromatic N) is 1. The van der Waals surface area contributed by atoms with Crippen LogP contribution in [0.1, 0.15) is 26.2 Å². The Morgan fingerprint density at radius 3 is 2.88 bits per heavy atom. The molecule has 1 unspecified atom stereocenters. The summed E-state index contributed by atoms with van der Waals surface area (Å²) in [5.74, 6) is 0.175. The van der Waals surface area contributed by atoms with Gasteiger partial charge in [0.05, 0.1) is 6.61 Å². The largest absolute Gasteiger partial charge is 0.366 e. The van der Waals surface area contributed by atoms with Gasteiger partial charge in [0.2, 0.25) is 0 Å². The highest BCUT2D eigenvalue weighted by Gasteiger charge is 2.30. The van der Waals surface area contributed by atoms with Gasteiger partial charge in [-0.05, 0) is 26.2 Å². The van der Waals surface area contributed by atoms with Crippen LogP contribution in [-0.4, -0.2) is 49.2 Å². The molecule has 0 saturated carbocycles. The third-order valence-electron chi connectivity index (χ3n) is 3.29. The van der Waals surface area contributed by atoms with Gasteiger partial charge in [0.25, 0.3) is 5.91 Å². The van der Waals surface area contributed by atoms with Gasteiger partial charge in [-0.1, -0.05) is 0 Å². The highest BCUT2D eigenvalue weighted by molar-refractivity contribution is 5.85. The van der Waals surface area contributed by atoms with E-state index in [1.165, 1.54) is 6.42 Å². The van der Waals surface area contributed by atoms with E-state index in [0.29, 0.717) is 19.2 Å². The molecule has 94 valence electrons. The molecule has 5 heteroatoms. The molecule has 0 radical (unpaired) electrons. The average Bonchev–Trinajstić information content (AvgIpc) is 2.30. The van der Waals surface area contributed by atoms with Gasteiger partial charge in [0.1, 0.15) is 6.10 Å². The molecular formula is C11H21ClN2O2. The second-order valence-corrected chi connectivity index (χ2v) is 4.44. The van der Waals surface area contributed by atoms with E-state index in [1.807, 2.05) is 4.90 Å². The third-order valence-corrected chi connectivity index (χ3v) is 3.29. The third kappa shape index (κ3) is 3.09. The van der Waals surface area contributed by atoms with Crippen molar-refractivity contribution in [2.75, 3.05) is 26.2 Å². The smallest absolute Gasteiger partial charge is 0.253 e. The fourth-order valence-electron chi connectivity index (χ4n) is 2.33. The monoisotopic (exact) mass is 248 g/mol. The summed E-state index contributed by atoms with van der Waals surface area (Å²) in [5, 5.41) is 3.20. The van der Waals surface area contributed by atoms with Gasteiger partial charge in [-0.3, -0.25) is 4.79 Å². The maximum atomic E-state index is 12.1. The Kier molecular flexibility index (Phi) is 5.52. The lowest BCUT2D eigenvalue weighted by Crippen LogP contribution is -2.53. The molecule has 0 aromatic carbocycles. The van der Waals surface area contributed by atoms with Gasteiger partial charge in [-0.2, -0.15) is 0 Å². The second kappa shape index (κ2) is 6.42. The molecule has 4 nitrogen and oxygen atoms in total. The first-order chi connectivity index (χ1) is 7.29. The summed E-state index contributed by atoms with van der Waals surface area (Å²) in [6, 6.07) is 0.386. The molecule has 1 N–H and O–H groups in total. The molecule has 2 aliphatic heterocycles. The van der Waals surface area contributed by atoms with Crippen LogP contribution in [0, 0.1) is 0 Å². The number of carbonyl (C=O) groups is 1. The Morgan fingerprint density at radius 2 is 2.25 bits per heavy atom. The van der Waals surface area contributed by atoms with Crippen LogP contribution < -0.4 is 5.32 Å². The van der Waals surface area contributed by atoms with Crippen molar-refractivity contribution in [2.24, 2.45) is 0 Å². The van der Waals surface area contributed by atoms with Crippen molar-refractivity contribution in [3.05, 3.63) is 0 Å². The summed E-state index contributed by atoms with van der Waals surface area (Å²) < 4.78 is 5.49. The summed E-state index contributed by atoms with van der Waals surface area (Å²) in [6.45, 7) is 5.22. The topological polar surface area (TPSA) is 41.6 Å². The first kappa shape index (κ1) is 13.7. The zero-order chi connectivity index (χ0) is 10.7. The number of hydrogen-bond donors (Lipinski definition) is 1. The number of piperidine rings is 1. The molecule has 0 bridgehead atoms. The van der Waals surface area contributed by atoms with Crippen LogP contribution in [0.3, 0.4) is 0 Å². The Labute approximate surface area is 103 Å². The Bertz CT molecular complexity index is 232. The fraction of sp³-hybridized carbons (Fsp3) is 0.909. The molecule has 1 amide bonds. The van der Waals surface area contributed by atoms with E-state index in [0.717, 1.165) is 25.9 Å². The number of likely N-dealkylation sites (tertiary alicyclic amines) is 1. The summed E-state index contributed by atoms with van der Waals surface area (Å²) in [4.78, 5) is 14.1. The molecular weight excluding hydrogens is 228 g/mol. The summed E-state index contributed by atoms with van der Waals surface area (Å²) >= 11 is 0. The van der Waals surface area contributed by atoms with E-state index >= 15 is 0 Å². The maximum Gasteiger partial charge on any atom is 0.253 e. The van der Waals surface area contributed by atoms with Crippen molar-refractivity contribution in [2.45, 2.75) is 38.3 Å². The van der Waals surface area contributed by atoms with Gasteiger partial charge in [-0.15, -0.1) is 12.4 Å². The molecule has 2 fully saturated rings. The minimum absolute atomic E-state index is 0. The molecule has 16 heavy (non-hydrogen) atoms. The van der Waals surface area contributed by atoms with E-state index in [2.05, 4.69) is 12.2 Å². The van der Waals surface area contributed by atoms with E-state index in [1.54, 1.807) is 0 Å². The van der Waals surface area contributed by atoms with Crippen molar-refractivity contribution in [1.82, 2.24) is 10.2 Å². The molecule has 0 spiro atoms. The number of carbonyl (C=O) groups excluding carboxylic acids is 1. The number of nitrogens with one attached hydrogen (secondary N) is 1. The van der Waals surface area contributed by atoms with Crippen LogP contribution >= 0.6 is 12.4 Å². The summed E-state index contributed by atoms with van der Waals surface area (Å²) in [5.41, 5.74) is 0. The van der Waals surface area contributed by atoms with Gasteiger partial charge >= 0.3 is 0 Å². The zero-order valence-corrected chi connectivity index (χ0v) is 10.6. The van der Waals surface area contributed by atoms with Crippen molar-refractivity contribution in [3.8, 4) is 0 Å². The average molecular weight is 249 g/mol. The van der Waals surface area contributed by atoms with Gasteiger partial charge < -0.3 is 15.0 Å². The highest BCUT2D eigenvalue weighted by Crippen LogP contribution is 2.18. The maximum absolute atomic E-state index is 12.1. The van der Waals surface area contributed by atoms with Gasteiger partial charge in [0, 0.05) is 25.7 Å². The predicted molar refractivity (Wildman–Crippen MR) is 64.9 cm³/mol. The second-order valence-electron chi connectivity index (χ2n) is 4.44. The standard InChI is InChI=1S/C11H20N2O2.ClH/c1-9-4-2-3-6-13(9)11(14)10-8-12-5-7-15-10;/h9-10,12H,2-8H2,1H3;1H/t9?,10-;/m0./s1. The quantitative estimate of drug-likeness (QED) is 0.746. The number of morpholine rings is 1. The predicted octanol–water partition coefficient (Wildman–Crippen LogP) is 0.798. The van der Waals surface area contributed by atoms with Crippen LogP contribution in [-0.2, 0) is 9.53 Å². The molecule has 0 aliphatic carbocycles. The van der Waals surface area contributed by atoms with Crippen molar-refractivity contribution >= 4 is 18.3 Å². The van der Waals surface area contributed by atoms with E-state index in [-0.39, 0.29) is 24.4 Å². The molecule has 2 aliphatic rings. The van der Waals surface area contributed by atoms with Crippen LogP contribution in [0.4, 0.5) is 0 Å². The van der Waals surface area contributed by atoms with Crippen molar-refractivity contribution < 1.29 is 9.53 Å². The number of amides is 1. The van der Waals surface area contributed by atoms with Gasteiger partial charge in [-0.25, -0.2) is 0 Å². The fourth-order valence-corrected chi connectivity index (χ4v) is 2.33. The molecule has 2 atom stereocenters. The van der Waals surface area contributed by atoms with Crippen LogP contribution in [0.15, 0.2) is 0 Å². The van der Waals surface area contributed by atoms with E-state index in [4.69, 9.17) is 4.74 Å². The van der Waals surface area contributed by atoms with Gasteiger partial charge in [0.15, 0.2) is 0 Å². The van der Waals surface area contributed by atoms with Crippen molar-refractivity contribution in [1.29, 1.82) is 0 Å². The SMILES string of the molecule is CC1CCCCN1C(=O)[C@@H]1CNCCO1.Cl. The lowest BCUT2D eigenvalue weighted by Gasteiger charge is -2.36. The van der Waals surface area contributed by atoms with Crippen molar-refractivity contribution in [3.63, 3.8) is 0 Å². The lowest BCUT2D eigenvalue weighted by atomic mass is 10.0. The first-order valence-corrected chi connectivity index (χ1v) is 5.92. The Morgan fingerprint density at radius 1 is 1.44 bits per heavy atom. The number of halogens is 1. The Balaban J connectivity index is 0.00000128. The highest BCUT2D eigenvalue weighted by atomic mass is 35.5. The number of rotatable bonds is 1. The molecule has 0 aromatic heterocycles. The van der Waals surface area contributed by atoms with E-state index in [9.17, 15) is 4.79 Å². The minimum atomic E-state index is -0.251. The van der Waals surface area contributed by atoms with E-state index < -0.39 is 0 Å². The normalized spacial score (nSPS) is 30.7. The minimum Gasteiger partial charge on any atom is -0.366 e. The van der Waals surface area contributed by atoms with Crippen LogP contribution in [0.2, 0.25) is 0 Å². The van der Waals surface area contributed by atoms with Crippen LogP contribution in [0.5, 0.6) is 0 Å². The molecule has 2 rings (SSSR count). The molecule has 2 saturated heterocycles. The number of ether oxygens (including phenoxy) is 1. The molecule has 2 heterocycles. The summed E-state index contributed by atoms with van der Waals surface area (Å²) in [7, 11) is 0. The number of hydrogen-bond acceptors (Lipinski definition) is 3. The lowest BCUT2D eigenvalue weighted by molar-refractivity contribution is -0.148.